The summed E-state index contributed by atoms with van der Waals surface area (Å²) in [5, 5.41) is 4.88. The van der Waals surface area contributed by atoms with Gasteiger partial charge < -0.3 is 15.0 Å². The number of hydrogen-bond donors (Lipinski definition) is 2. The Kier molecular flexibility index (Phi) is 5.99. The van der Waals surface area contributed by atoms with Crippen molar-refractivity contribution in [3.63, 3.8) is 0 Å². The predicted molar refractivity (Wildman–Crippen MR) is 112 cm³/mol. The normalized spacial score (nSPS) is 17.2. The van der Waals surface area contributed by atoms with Gasteiger partial charge in [0.15, 0.2) is 10.8 Å². The molecule has 1 fully saturated rings. The number of nitrogens with one attached hydrogen (secondary N) is 2. The number of aryl methyl sites for hydroxylation is 1. The number of nitrogens with zero attached hydrogens (tertiary/aromatic N) is 3. The highest BCUT2D eigenvalue weighted by molar-refractivity contribution is 7.92. The molecule has 1 aliphatic rings. The lowest BCUT2D eigenvalue weighted by Gasteiger charge is -2.24. The van der Waals surface area contributed by atoms with E-state index in [1.165, 1.54) is 17.4 Å². The minimum absolute atomic E-state index is 0.0404. The Morgan fingerprint density at radius 3 is 2.72 bits per heavy atom. The van der Waals surface area contributed by atoms with Gasteiger partial charge in [-0.3, -0.25) is 4.72 Å². The maximum Gasteiger partial charge on any atom is 0.410 e. The minimum atomic E-state index is -3.80. The van der Waals surface area contributed by atoms with Crippen LogP contribution in [0.1, 0.15) is 32.9 Å². The number of rotatable bonds is 5. The summed E-state index contributed by atoms with van der Waals surface area (Å²) < 4.78 is 32.7. The van der Waals surface area contributed by atoms with Crippen molar-refractivity contribution in [2.45, 2.75) is 50.8 Å². The van der Waals surface area contributed by atoms with Gasteiger partial charge in [0.1, 0.15) is 5.60 Å². The van der Waals surface area contributed by atoms with Crippen LogP contribution < -0.4 is 10.0 Å². The van der Waals surface area contributed by atoms with Crippen LogP contribution >= 0.6 is 11.3 Å². The molecule has 0 saturated carbocycles. The quantitative estimate of drug-likeness (QED) is 0.736. The topological polar surface area (TPSA) is 114 Å². The number of carbonyl (C=O) groups excluding carboxylic acids is 1. The summed E-state index contributed by atoms with van der Waals surface area (Å²) in [5.41, 5.74) is 2.30. The van der Waals surface area contributed by atoms with Gasteiger partial charge in [0.2, 0.25) is 0 Å². The van der Waals surface area contributed by atoms with Gasteiger partial charge in [-0.15, -0.1) is 11.3 Å². The lowest BCUT2D eigenvalue weighted by molar-refractivity contribution is 0.0293. The van der Waals surface area contributed by atoms with Crippen LogP contribution in [0.2, 0.25) is 0 Å². The smallest absolute Gasteiger partial charge is 0.410 e. The summed E-state index contributed by atoms with van der Waals surface area (Å²) in [6, 6.07) is 3.18. The molecule has 1 atom stereocenters. The first-order valence-electron chi connectivity index (χ1n) is 9.16. The van der Waals surface area contributed by atoms with E-state index in [2.05, 4.69) is 20.0 Å². The molecule has 0 aliphatic carbocycles. The number of likely N-dealkylation sites (tertiary alicyclic amines) is 1. The van der Waals surface area contributed by atoms with Crippen molar-refractivity contribution in [3.05, 3.63) is 28.7 Å². The molecule has 0 aromatic carbocycles. The van der Waals surface area contributed by atoms with Crippen LogP contribution in [0.5, 0.6) is 0 Å². The van der Waals surface area contributed by atoms with Gasteiger partial charge in [-0.25, -0.2) is 14.8 Å². The maximum atomic E-state index is 12.5. The molecule has 0 radical (unpaired) electrons. The third-order valence-corrected chi connectivity index (χ3v) is 6.05. The second-order valence-corrected chi connectivity index (χ2v) is 10.2. The number of ether oxygens (including phenoxy) is 1. The van der Waals surface area contributed by atoms with E-state index >= 15 is 0 Å². The van der Waals surface area contributed by atoms with Gasteiger partial charge in [-0.05, 0) is 46.2 Å². The van der Waals surface area contributed by atoms with E-state index in [4.69, 9.17) is 4.74 Å². The van der Waals surface area contributed by atoms with Crippen LogP contribution in [0.4, 0.5) is 16.3 Å². The Morgan fingerprint density at radius 2 is 2.10 bits per heavy atom. The summed E-state index contributed by atoms with van der Waals surface area (Å²) >= 11 is 1.30. The molecule has 158 valence electrons. The van der Waals surface area contributed by atoms with Crippen LogP contribution in [0.3, 0.4) is 0 Å². The monoisotopic (exact) mass is 439 g/mol. The highest BCUT2D eigenvalue weighted by atomic mass is 32.2. The Morgan fingerprint density at radius 1 is 1.34 bits per heavy atom. The highest BCUT2D eigenvalue weighted by Crippen LogP contribution is 2.22. The highest BCUT2D eigenvalue weighted by Gasteiger charge is 2.30. The van der Waals surface area contributed by atoms with E-state index in [0.717, 1.165) is 12.1 Å². The van der Waals surface area contributed by atoms with E-state index in [1.807, 2.05) is 20.8 Å². The zero-order valence-electron chi connectivity index (χ0n) is 16.8. The lowest BCUT2D eigenvalue weighted by atomic mass is 10.2. The number of amides is 1. The van der Waals surface area contributed by atoms with Crippen LogP contribution in [0.25, 0.3) is 0 Å². The lowest BCUT2D eigenvalue weighted by Crippen LogP contribution is -2.36. The first kappa shape index (κ1) is 21.3. The minimum Gasteiger partial charge on any atom is -0.444 e. The number of carbonyl (C=O) groups is 1. The van der Waals surface area contributed by atoms with E-state index in [1.54, 1.807) is 28.8 Å². The molecule has 3 rings (SSSR count). The van der Waals surface area contributed by atoms with Gasteiger partial charge in [0.25, 0.3) is 10.0 Å². The number of hydrogen-bond acceptors (Lipinski definition) is 8. The molecule has 1 amide bonds. The van der Waals surface area contributed by atoms with Crippen LogP contribution in [-0.4, -0.2) is 54.1 Å². The molecular weight excluding hydrogens is 414 g/mol. The van der Waals surface area contributed by atoms with Gasteiger partial charge >= 0.3 is 6.09 Å². The molecule has 11 heteroatoms. The third kappa shape index (κ3) is 5.57. The zero-order valence-corrected chi connectivity index (χ0v) is 18.4. The van der Waals surface area contributed by atoms with Crippen molar-refractivity contribution in [2.24, 2.45) is 0 Å². The summed E-state index contributed by atoms with van der Waals surface area (Å²) in [5.74, 6) is 0.268. The second-order valence-electron chi connectivity index (χ2n) is 7.82. The first-order valence-corrected chi connectivity index (χ1v) is 11.6. The SMILES string of the molecule is Cc1nc(S(=O)(=O)Nc2cscn2)ccc1N[C@H]1CCN(C(=O)OC(C)(C)C)C1. The third-order valence-electron chi connectivity index (χ3n) is 4.21. The number of pyridine rings is 1. The fourth-order valence-corrected chi connectivity index (χ4v) is 4.44. The second kappa shape index (κ2) is 8.15. The summed E-state index contributed by atoms with van der Waals surface area (Å²) in [6.07, 6.45) is 0.440. The van der Waals surface area contributed by atoms with E-state index in [0.29, 0.717) is 18.8 Å². The molecule has 0 unspecified atom stereocenters. The Labute approximate surface area is 174 Å². The average molecular weight is 440 g/mol. The summed E-state index contributed by atoms with van der Waals surface area (Å²) in [7, 11) is -3.80. The molecular formula is C18H25N5O4S2. The number of aromatic nitrogens is 2. The van der Waals surface area contributed by atoms with Crippen LogP contribution in [0.15, 0.2) is 28.0 Å². The van der Waals surface area contributed by atoms with Crippen molar-refractivity contribution < 1.29 is 17.9 Å². The summed E-state index contributed by atoms with van der Waals surface area (Å²) in [6.45, 7) is 8.37. The molecule has 2 aromatic heterocycles. The van der Waals surface area contributed by atoms with Gasteiger partial charge in [-0.2, -0.15) is 8.42 Å². The van der Waals surface area contributed by atoms with E-state index < -0.39 is 15.6 Å². The number of sulfonamides is 1. The Balaban J connectivity index is 1.63. The van der Waals surface area contributed by atoms with Gasteiger partial charge in [-0.1, -0.05) is 0 Å². The summed E-state index contributed by atoms with van der Waals surface area (Å²) in [4.78, 5) is 22.0. The van der Waals surface area contributed by atoms with Crippen LogP contribution in [0, 0.1) is 6.92 Å². The fourth-order valence-electron chi connectivity index (χ4n) is 2.88. The first-order chi connectivity index (χ1) is 13.5. The van der Waals surface area contributed by atoms with Gasteiger partial charge in [0.05, 0.1) is 16.9 Å². The molecule has 1 saturated heterocycles. The maximum absolute atomic E-state index is 12.5. The Bertz CT molecular complexity index is 971. The molecule has 3 heterocycles. The van der Waals surface area contributed by atoms with Crippen molar-refractivity contribution in [3.8, 4) is 0 Å². The van der Waals surface area contributed by atoms with Crippen molar-refractivity contribution >= 4 is 39.0 Å². The molecule has 29 heavy (non-hydrogen) atoms. The molecule has 2 aromatic rings. The van der Waals surface area contributed by atoms with Crippen molar-refractivity contribution in [1.29, 1.82) is 0 Å². The largest absolute Gasteiger partial charge is 0.444 e. The zero-order chi connectivity index (χ0) is 21.2. The number of anilines is 2. The fraction of sp³-hybridized carbons (Fsp3) is 0.500. The predicted octanol–water partition coefficient (Wildman–Crippen LogP) is 3.07. The Hall–Kier alpha value is -2.40. The average Bonchev–Trinajstić information content (AvgIpc) is 3.26. The van der Waals surface area contributed by atoms with Crippen LogP contribution in [-0.2, 0) is 14.8 Å². The van der Waals surface area contributed by atoms with Gasteiger partial charge in [0, 0.05) is 24.5 Å². The molecule has 0 bridgehead atoms. The molecule has 0 spiro atoms. The molecule has 9 nitrogen and oxygen atoms in total. The van der Waals surface area contributed by atoms with Crippen molar-refractivity contribution in [2.75, 3.05) is 23.1 Å². The van der Waals surface area contributed by atoms with E-state index in [-0.39, 0.29) is 23.0 Å². The molecule has 2 N–H and O–H groups in total. The standard InChI is InChI=1S/C18H25N5O4S2/c1-12-14(21-13-7-8-23(9-13)17(24)27-18(2,3)4)5-6-16(20-12)29(25,26)22-15-10-28-11-19-15/h5-6,10-11,13,21-22H,7-9H2,1-4H3/t13-/m0/s1. The van der Waals surface area contributed by atoms with E-state index in [9.17, 15) is 13.2 Å². The number of thiazole rings is 1. The van der Waals surface area contributed by atoms with Crippen molar-refractivity contribution in [1.82, 2.24) is 14.9 Å². The molecule has 1 aliphatic heterocycles.